The number of benzene rings is 1. The summed E-state index contributed by atoms with van der Waals surface area (Å²) in [6, 6.07) is 8.89. The van der Waals surface area contributed by atoms with Gasteiger partial charge in [-0.2, -0.15) is 0 Å². The first-order chi connectivity index (χ1) is 15.6. The molecule has 2 aliphatic rings. The standard InChI is InChI=1S/C23H27N3O6/c1-30-8-7-25-21(28)11-16-10-18-17-9-15(26-23(29)14-3-2-6-24-12-14)4-5-19(17)32-22(18)20(13-27)31-16/h2-6,9,12,16,18,20,22,27H,7-8,10-11,13H2,1H3,(H,25,28)(H,26,29)/t16-,18+,20+,22-/m1/s1. The number of fused-ring (bicyclic) bond motifs is 3. The fourth-order valence-corrected chi connectivity index (χ4v) is 4.24. The molecule has 32 heavy (non-hydrogen) atoms. The van der Waals surface area contributed by atoms with Crippen LogP contribution in [0.5, 0.6) is 5.75 Å². The van der Waals surface area contributed by atoms with Gasteiger partial charge in [0, 0.05) is 43.2 Å². The zero-order valence-electron chi connectivity index (χ0n) is 17.8. The Morgan fingerprint density at radius 1 is 1.31 bits per heavy atom. The zero-order valence-corrected chi connectivity index (χ0v) is 17.8. The molecule has 170 valence electrons. The molecule has 9 nitrogen and oxygen atoms in total. The average molecular weight is 441 g/mol. The number of aliphatic hydroxyl groups is 1. The van der Waals surface area contributed by atoms with E-state index >= 15 is 0 Å². The first-order valence-electron chi connectivity index (χ1n) is 10.6. The van der Waals surface area contributed by atoms with Crippen molar-refractivity contribution in [3.05, 3.63) is 53.9 Å². The monoisotopic (exact) mass is 441 g/mol. The maximum Gasteiger partial charge on any atom is 0.257 e. The Hall–Kier alpha value is -3.01. The number of rotatable bonds is 8. The van der Waals surface area contributed by atoms with Crippen LogP contribution in [0.15, 0.2) is 42.7 Å². The Balaban J connectivity index is 1.47. The van der Waals surface area contributed by atoms with Gasteiger partial charge in [0.05, 0.1) is 31.3 Å². The van der Waals surface area contributed by atoms with E-state index in [1.54, 1.807) is 31.5 Å². The van der Waals surface area contributed by atoms with E-state index in [0.717, 1.165) is 5.56 Å². The van der Waals surface area contributed by atoms with Gasteiger partial charge in [0.15, 0.2) is 0 Å². The van der Waals surface area contributed by atoms with Crippen LogP contribution >= 0.6 is 0 Å². The summed E-state index contributed by atoms with van der Waals surface area (Å²) in [5.41, 5.74) is 2.04. The number of nitrogens with one attached hydrogen (secondary N) is 2. The van der Waals surface area contributed by atoms with Crippen molar-refractivity contribution >= 4 is 17.5 Å². The molecule has 1 aromatic heterocycles. The number of nitrogens with zero attached hydrogens (tertiary/aromatic N) is 1. The fourth-order valence-electron chi connectivity index (χ4n) is 4.24. The molecule has 4 atom stereocenters. The van der Waals surface area contributed by atoms with Crippen LogP contribution in [-0.4, -0.2) is 67.1 Å². The van der Waals surface area contributed by atoms with Gasteiger partial charge in [-0.25, -0.2) is 0 Å². The minimum atomic E-state index is -0.536. The molecule has 3 heterocycles. The van der Waals surface area contributed by atoms with E-state index in [-0.39, 0.29) is 43.0 Å². The molecule has 2 amide bonds. The van der Waals surface area contributed by atoms with E-state index in [1.165, 1.54) is 6.20 Å². The van der Waals surface area contributed by atoms with Crippen LogP contribution in [0, 0.1) is 0 Å². The average Bonchev–Trinajstić information content (AvgIpc) is 3.17. The van der Waals surface area contributed by atoms with Gasteiger partial charge in [0.1, 0.15) is 18.0 Å². The van der Waals surface area contributed by atoms with Gasteiger partial charge in [-0.05, 0) is 36.8 Å². The lowest BCUT2D eigenvalue weighted by atomic mass is 9.84. The smallest absolute Gasteiger partial charge is 0.257 e. The number of carbonyl (C=O) groups is 2. The lowest BCUT2D eigenvalue weighted by molar-refractivity contribution is -0.142. The number of amides is 2. The third kappa shape index (κ3) is 4.90. The maximum absolute atomic E-state index is 12.5. The molecule has 9 heteroatoms. The Kier molecular flexibility index (Phi) is 6.99. The first kappa shape index (κ1) is 22.2. The molecule has 1 saturated heterocycles. The van der Waals surface area contributed by atoms with Crippen molar-refractivity contribution in [1.29, 1.82) is 0 Å². The lowest BCUT2D eigenvalue weighted by Crippen LogP contribution is -2.47. The summed E-state index contributed by atoms with van der Waals surface area (Å²) >= 11 is 0. The third-order valence-corrected chi connectivity index (χ3v) is 5.72. The summed E-state index contributed by atoms with van der Waals surface area (Å²) < 4.78 is 17.0. The minimum absolute atomic E-state index is 0.0529. The Morgan fingerprint density at radius 3 is 2.94 bits per heavy atom. The van der Waals surface area contributed by atoms with Crippen molar-refractivity contribution in [2.45, 2.75) is 37.1 Å². The van der Waals surface area contributed by atoms with Crippen LogP contribution in [0.2, 0.25) is 0 Å². The van der Waals surface area contributed by atoms with Crippen LogP contribution < -0.4 is 15.4 Å². The lowest BCUT2D eigenvalue weighted by Gasteiger charge is -2.37. The molecule has 0 spiro atoms. The highest BCUT2D eigenvalue weighted by atomic mass is 16.6. The molecule has 3 N–H and O–H groups in total. The number of pyridine rings is 1. The molecule has 1 fully saturated rings. The number of hydrogen-bond acceptors (Lipinski definition) is 7. The highest BCUT2D eigenvalue weighted by Gasteiger charge is 2.46. The quantitative estimate of drug-likeness (QED) is 0.531. The Labute approximate surface area is 186 Å². The van der Waals surface area contributed by atoms with Crippen molar-refractivity contribution in [3.8, 4) is 5.75 Å². The van der Waals surface area contributed by atoms with Crippen LogP contribution in [0.3, 0.4) is 0 Å². The molecule has 0 radical (unpaired) electrons. The van der Waals surface area contributed by atoms with Gasteiger partial charge in [0.2, 0.25) is 5.91 Å². The van der Waals surface area contributed by atoms with Gasteiger partial charge >= 0.3 is 0 Å². The van der Waals surface area contributed by atoms with Crippen molar-refractivity contribution in [2.24, 2.45) is 0 Å². The second kappa shape index (κ2) is 10.1. The minimum Gasteiger partial charge on any atom is -0.487 e. The van der Waals surface area contributed by atoms with Crippen molar-refractivity contribution in [3.63, 3.8) is 0 Å². The van der Waals surface area contributed by atoms with E-state index in [4.69, 9.17) is 14.2 Å². The summed E-state index contributed by atoms with van der Waals surface area (Å²) in [5.74, 6) is 0.271. The molecule has 4 rings (SSSR count). The van der Waals surface area contributed by atoms with Gasteiger partial charge in [-0.1, -0.05) is 0 Å². The molecule has 0 aliphatic carbocycles. The number of methoxy groups -OCH3 is 1. The van der Waals surface area contributed by atoms with Gasteiger partial charge < -0.3 is 30.0 Å². The second-order valence-electron chi connectivity index (χ2n) is 7.90. The molecule has 0 saturated carbocycles. The normalized spacial score (nSPS) is 23.6. The van der Waals surface area contributed by atoms with Crippen molar-refractivity contribution < 1.29 is 28.9 Å². The van der Waals surface area contributed by atoms with Gasteiger partial charge in [-0.15, -0.1) is 0 Å². The number of hydrogen-bond donors (Lipinski definition) is 3. The van der Waals surface area contributed by atoms with Crippen LogP contribution in [0.1, 0.15) is 34.7 Å². The molecule has 2 aromatic rings. The van der Waals surface area contributed by atoms with Crippen molar-refractivity contribution in [2.75, 3.05) is 32.2 Å². The molecular weight excluding hydrogens is 414 g/mol. The zero-order chi connectivity index (χ0) is 22.5. The Bertz CT molecular complexity index is 954. The van der Waals surface area contributed by atoms with E-state index < -0.39 is 6.10 Å². The number of ether oxygens (including phenoxy) is 3. The van der Waals surface area contributed by atoms with Crippen LogP contribution in [0.4, 0.5) is 5.69 Å². The van der Waals surface area contributed by atoms with Crippen LogP contribution in [0.25, 0.3) is 0 Å². The third-order valence-electron chi connectivity index (χ3n) is 5.72. The number of aromatic nitrogens is 1. The maximum atomic E-state index is 12.5. The van der Waals surface area contributed by atoms with E-state index in [9.17, 15) is 14.7 Å². The summed E-state index contributed by atoms with van der Waals surface area (Å²) in [5, 5.41) is 15.5. The highest BCUT2D eigenvalue weighted by molar-refractivity contribution is 6.04. The first-order valence-corrected chi connectivity index (χ1v) is 10.6. The predicted octanol–water partition coefficient (Wildman–Crippen LogP) is 1.48. The van der Waals surface area contributed by atoms with E-state index in [2.05, 4.69) is 15.6 Å². The SMILES string of the molecule is COCCNC(=O)C[C@H]1C[C@H]2c3cc(NC(=O)c4cccnc4)ccc3O[C@H]2[C@H](CO)O1. The van der Waals surface area contributed by atoms with Gasteiger partial charge in [0.25, 0.3) is 5.91 Å². The summed E-state index contributed by atoms with van der Waals surface area (Å²) in [4.78, 5) is 28.7. The molecule has 0 unspecified atom stereocenters. The Morgan fingerprint density at radius 2 is 2.19 bits per heavy atom. The number of anilines is 1. The summed E-state index contributed by atoms with van der Waals surface area (Å²) in [6.07, 6.45) is 2.66. The molecule has 0 bridgehead atoms. The molecule has 1 aromatic carbocycles. The topological polar surface area (TPSA) is 119 Å². The van der Waals surface area contributed by atoms with Crippen LogP contribution in [-0.2, 0) is 14.3 Å². The summed E-state index contributed by atoms with van der Waals surface area (Å²) in [7, 11) is 1.58. The second-order valence-corrected chi connectivity index (χ2v) is 7.90. The largest absolute Gasteiger partial charge is 0.487 e. The van der Waals surface area contributed by atoms with E-state index in [1.807, 2.05) is 12.1 Å². The molecule has 2 aliphatic heterocycles. The fraction of sp³-hybridized carbons (Fsp3) is 0.435. The summed E-state index contributed by atoms with van der Waals surface area (Å²) in [6.45, 7) is 0.668. The van der Waals surface area contributed by atoms with Gasteiger partial charge in [-0.3, -0.25) is 14.6 Å². The number of aliphatic hydroxyl groups excluding tert-OH is 1. The predicted molar refractivity (Wildman–Crippen MR) is 116 cm³/mol. The molecular formula is C23H27N3O6. The number of carbonyl (C=O) groups excluding carboxylic acids is 2. The highest BCUT2D eigenvalue weighted by Crippen LogP contribution is 2.47. The van der Waals surface area contributed by atoms with Crippen molar-refractivity contribution in [1.82, 2.24) is 10.3 Å². The van der Waals surface area contributed by atoms with E-state index in [0.29, 0.717) is 36.6 Å².